The number of anilines is 1. The van der Waals surface area contributed by atoms with Gasteiger partial charge in [-0.2, -0.15) is 13.2 Å². The molecular formula is C24H20F3N3Na2O5. The van der Waals surface area contributed by atoms with Crippen molar-refractivity contribution in [3.63, 3.8) is 0 Å². The van der Waals surface area contributed by atoms with Crippen LogP contribution in [0.25, 0.3) is 11.1 Å². The van der Waals surface area contributed by atoms with Crippen molar-refractivity contribution in [1.82, 2.24) is 9.88 Å². The number of alkyl halides is 3. The van der Waals surface area contributed by atoms with Gasteiger partial charge in [0.1, 0.15) is 5.69 Å². The van der Waals surface area contributed by atoms with E-state index in [0.29, 0.717) is 0 Å². The van der Waals surface area contributed by atoms with Crippen LogP contribution in [-0.2, 0) is 18.0 Å². The van der Waals surface area contributed by atoms with Crippen LogP contribution in [0.15, 0.2) is 59.5 Å². The molecule has 13 heteroatoms. The minimum absolute atomic E-state index is 0. The number of urea groups is 1. The van der Waals surface area contributed by atoms with E-state index in [2.05, 4.69) is 10.6 Å². The monoisotopic (exact) mass is 533 g/mol. The topological polar surface area (TPSA) is 126 Å². The molecule has 0 aliphatic heterocycles. The van der Waals surface area contributed by atoms with E-state index < -0.39 is 53.2 Å². The van der Waals surface area contributed by atoms with Crippen LogP contribution >= 0.6 is 0 Å². The van der Waals surface area contributed by atoms with E-state index in [1.165, 1.54) is 62.6 Å². The van der Waals surface area contributed by atoms with Crippen molar-refractivity contribution in [3.05, 3.63) is 81.8 Å². The standard InChI is InChI=1S/C24H22F3N3O5.2Na/c1-13-12-30(2)22(34)20(21(13)33)29-23(35)28-18(11-19(31)32)15-7-5-6-14(10-15)16-8-3-4-9-17(16)24(25,26)27;;/h3-10,12,18,33H,11H2,1-2H3,(H,31,32)(H2,28,29,35);;/q;2*+1/p-2/t18-;;/m0../s1. The van der Waals surface area contributed by atoms with Gasteiger partial charge in [0, 0.05) is 25.6 Å². The fourth-order valence-corrected chi connectivity index (χ4v) is 3.62. The first-order valence-corrected chi connectivity index (χ1v) is 10.3. The third-order valence-electron chi connectivity index (χ3n) is 5.25. The fourth-order valence-electron chi connectivity index (χ4n) is 3.62. The largest absolute Gasteiger partial charge is 1.00 e. The second kappa shape index (κ2) is 13.5. The SMILES string of the molecule is Cc1cn(C)c(=O)c(NC(=O)N[C@@H](CC(=O)[O-])c2cccc(-c3ccccc3C(F)(F)F)c2)c1[O-].[Na+].[Na+]. The Balaban J connectivity index is 0.00000342. The van der Waals surface area contributed by atoms with Crippen molar-refractivity contribution < 1.29 is 92.1 Å². The summed E-state index contributed by atoms with van der Waals surface area (Å²) in [4.78, 5) is 36.1. The second-order valence-electron chi connectivity index (χ2n) is 7.83. The van der Waals surface area contributed by atoms with Crippen molar-refractivity contribution in [3.8, 4) is 16.9 Å². The Morgan fingerprint density at radius 3 is 2.35 bits per heavy atom. The molecule has 0 bridgehead atoms. The van der Waals surface area contributed by atoms with E-state index in [1.54, 1.807) is 0 Å². The van der Waals surface area contributed by atoms with Gasteiger partial charge >= 0.3 is 71.3 Å². The summed E-state index contributed by atoms with van der Waals surface area (Å²) >= 11 is 0. The third kappa shape index (κ3) is 8.10. The number of carboxylic acid groups (broad SMARTS) is 1. The first-order valence-electron chi connectivity index (χ1n) is 10.3. The number of aryl methyl sites for hydroxylation is 2. The molecule has 3 rings (SSSR count). The van der Waals surface area contributed by atoms with Crippen molar-refractivity contribution >= 4 is 17.7 Å². The van der Waals surface area contributed by atoms with Crippen LogP contribution in [0.4, 0.5) is 23.7 Å². The average molecular weight is 533 g/mol. The minimum atomic E-state index is -4.62. The van der Waals surface area contributed by atoms with Crippen LogP contribution in [0.2, 0.25) is 0 Å². The normalized spacial score (nSPS) is 11.5. The van der Waals surface area contributed by atoms with Crippen LogP contribution in [0, 0.1) is 6.92 Å². The van der Waals surface area contributed by atoms with E-state index in [-0.39, 0.29) is 81.4 Å². The Kier molecular flexibility index (Phi) is 11.9. The van der Waals surface area contributed by atoms with Gasteiger partial charge in [-0.15, -0.1) is 0 Å². The van der Waals surface area contributed by atoms with E-state index in [9.17, 15) is 37.8 Å². The van der Waals surface area contributed by atoms with E-state index in [0.717, 1.165) is 10.6 Å². The zero-order valence-corrected chi connectivity index (χ0v) is 24.6. The van der Waals surface area contributed by atoms with E-state index in [4.69, 9.17) is 0 Å². The number of carbonyl (C=O) groups is 2. The number of benzene rings is 2. The maximum Gasteiger partial charge on any atom is 1.00 e. The summed E-state index contributed by atoms with van der Waals surface area (Å²) in [6.45, 7) is 1.45. The Hall–Kier alpha value is -2.28. The Morgan fingerprint density at radius 2 is 1.73 bits per heavy atom. The number of carboxylic acids is 1. The minimum Gasteiger partial charge on any atom is -0.871 e. The van der Waals surface area contributed by atoms with Crippen LogP contribution in [-0.4, -0.2) is 16.6 Å². The number of hydrogen-bond acceptors (Lipinski definition) is 5. The molecule has 0 aliphatic carbocycles. The number of carbonyl (C=O) groups excluding carboxylic acids is 2. The molecule has 3 aromatic rings. The molecule has 0 saturated carbocycles. The summed E-state index contributed by atoms with van der Waals surface area (Å²) < 4.78 is 41.5. The summed E-state index contributed by atoms with van der Waals surface area (Å²) in [5, 5.41) is 28.1. The Labute approximate surface area is 254 Å². The van der Waals surface area contributed by atoms with Crippen molar-refractivity contribution in [1.29, 1.82) is 0 Å². The summed E-state index contributed by atoms with van der Waals surface area (Å²) in [5.41, 5.74) is -1.77. The molecule has 184 valence electrons. The maximum atomic E-state index is 13.5. The van der Waals surface area contributed by atoms with Gasteiger partial charge in [-0.1, -0.05) is 42.1 Å². The molecule has 2 aromatic carbocycles. The van der Waals surface area contributed by atoms with E-state index in [1.807, 2.05) is 0 Å². The summed E-state index contributed by atoms with van der Waals surface area (Å²) in [7, 11) is 1.39. The number of pyridine rings is 1. The number of halogens is 3. The van der Waals surface area contributed by atoms with Crippen molar-refractivity contribution in [2.75, 3.05) is 5.32 Å². The van der Waals surface area contributed by atoms with Gasteiger partial charge in [-0.25, -0.2) is 4.79 Å². The van der Waals surface area contributed by atoms with E-state index >= 15 is 0 Å². The molecule has 1 heterocycles. The maximum absolute atomic E-state index is 13.5. The zero-order valence-electron chi connectivity index (χ0n) is 20.6. The summed E-state index contributed by atoms with van der Waals surface area (Å²) in [5.74, 6) is -2.24. The molecule has 1 atom stereocenters. The summed E-state index contributed by atoms with van der Waals surface area (Å²) in [6.07, 6.45) is -4.03. The predicted octanol–water partition coefficient (Wildman–Crippen LogP) is -3.54. The smallest absolute Gasteiger partial charge is 0.871 e. The molecule has 37 heavy (non-hydrogen) atoms. The van der Waals surface area contributed by atoms with Crippen LogP contribution < -0.4 is 85.5 Å². The van der Waals surface area contributed by atoms with Crippen LogP contribution in [0.3, 0.4) is 0 Å². The Morgan fingerprint density at radius 1 is 1.08 bits per heavy atom. The molecule has 0 fully saturated rings. The first-order chi connectivity index (χ1) is 16.4. The van der Waals surface area contributed by atoms with Gasteiger partial charge in [0.2, 0.25) is 0 Å². The number of rotatable bonds is 6. The van der Waals surface area contributed by atoms with Gasteiger partial charge in [0.25, 0.3) is 5.56 Å². The molecular weight excluding hydrogens is 513 g/mol. The number of aliphatic carboxylic acids is 1. The van der Waals surface area contributed by atoms with Crippen LogP contribution in [0.1, 0.15) is 29.2 Å². The molecule has 0 radical (unpaired) electrons. The molecule has 2 N–H and O–H groups in total. The van der Waals surface area contributed by atoms with Gasteiger partial charge < -0.3 is 30.2 Å². The number of hydrogen-bond donors (Lipinski definition) is 2. The third-order valence-corrected chi connectivity index (χ3v) is 5.25. The fraction of sp³-hybridized carbons (Fsp3) is 0.208. The molecule has 2 amide bonds. The molecule has 8 nitrogen and oxygen atoms in total. The zero-order chi connectivity index (χ0) is 25.9. The van der Waals surface area contributed by atoms with Gasteiger partial charge in [-0.3, -0.25) is 4.79 Å². The number of nitrogens with one attached hydrogen (secondary N) is 2. The molecule has 1 aromatic heterocycles. The van der Waals surface area contributed by atoms with Gasteiger partial charge in [0.15, 0.2) is 0 Å². The number of amides is 2. The molecule has 0 saturated heterocycles. The van der Waals surface area contributed by atoms with Gasteiger partial charge in [-0.05, 0) is 41.3 Å². The van der Waals surface area contributed by atoms with Crippen LogP contribution in [0.5, 0.6) is 5.75 Å². The quantitative estimate of drug-likeness (QED) is 0.318. The number of nitrogens with zero attached hydrogens (tertiary/aromatic N) is 1. The molecule has 0 spiro atoms. The predicted molar refractivity (Wildman–Crippen MR) is 117 cm³/mol. The number of aromatic nitrogens is 1. The first kappa shape index (κ1) is 32.7. The van der Waals surface area contributed by atoms with Gasteiger partial charge in [0.05, 0.1) is 11.6 Å². The average Bonchev–Trinajstić information content (AvgIpc) is 2.79. The molecule has 0 aliphatic rings. The van der Waals surface area contributed by atoms with Crippen molar-refractivity contribution in [2.45, 2.75) is 25.6 Å². The summed E-state index contributed by atoms with van der Waals surface area (Å²) in [6, 6.07) is 8.20. The Bertz CT molecular complexity index is 1350. The second-order valence-corrected chi connectivity index (χ2v) is 7.83. The molecule has 0 unspecified atom stereocenters. The van der Waals surface area contributed by atoms with Crippen molar-refractivity contribution in [2.24, 2.45) is 7.05 Å².